The van der Waals surface area contributed by atoms with E-state index >= 15 is 0 Å². The Morgan fingerprint density at radius 2 is 1.07 bits per heavy atom. The maximum Gasteiger partial charge on any atom is 0.303 e. The van der Waals surface area contributed by atoms with Gasteiger partial charge in [0.15, 0.2) is 0 Å². The summed E-state index contributed by atoms with van der Waals surface area (Å²) < 4.78 is 0. The van der Waals surface area contributed by atoms with Crippen molar-refractivity contribution < 1.29 is 9.90 Å². The van der Waals surface area contributed by atoms with Crippen molar-refractivity contribution in [3.05, 3.63) is 0 Å². The molecule has 0 radical (unpaired) electrons. The summed E-state index contributed by atoms with van der Waals surface area (Å²) in [5.74, 6) is 8.10. The molecule has 2 heteroatoms. The van der Waals surface area contributed by atoms with Gasteiger partial charge in [0.2, 0.25) is 0 Å². The van der Waals surface area contributed by atoms with E-state index in [-0.39, 0.29) is 0 Å². The summed E-state index contributed by atoms with van der Waals surface area (Å²) in [7, 11) is 0. The molecule has 0 saturated heterocycles. The number of rotatable bonds is 16. The van der Waals surface area contributed by atoms with Crippen LogP contribution in [0.25, 0.3) is 0 Å². The average Bonchev–Trinajstić information content (AvgIpc) is 3.47. The van der Waals surface area contributed by atoms with Crippen molar-refractivity contribution in [2.45, 2.75) is 110 Å². The normalized spacial score (nSPS) is 40.3. The Morgan fingerprint density at radius 3 is 1.54 bits per heavy atom. The first-order valence-corrected chi connectivity index (χ1v) is 12.9. The molecule has 0 aromatic rings. The first-order chi connectivity index (χ1) is 13.6. The van der Waals surface area contributed by atoms with Gasteiger partial charge in [-0.1, -0.05) is 51.9 Å². The molecule has 4 rings (SSSR count). The van der Waals surface area contributed by atoms with E-state index in [1.165, 1.54) is 51.4 Å². The average molecular weight is 389 g/mol. The Morgan fingerprint density at radius 1 is 0.643 bits per heavy atom. The lowest BCUT2D eigenvalue weighted by atomic mass is 10.0. The van der Waals surface area contributed by atoms with Gasteiger partial charge in [-0.2, -0.15) is 0 Å². The molecule has 4 aliphatic rings. The molecule has 28 heavy (non-hydrogen) atoms. The van der Waals surface area contributed by atoms with Crippen LogP contribution in [-0.2, 0) is 4.79 Å². The molecule has 0 amide bonds. The number of unbranched alkanes of at least 4 members (excludes halogenated alkanes) is 4. The molecule has 0 spiro atoms. The van der Waals surface area contributed by atoms with E-state index in [9.17, 15) is 4.79 Å². The number of carbonyl (C=O) groups is 1. The largest absolute Gasteiger partial charge is 0.481 e. The molecule has 2 nitrogen and oxygen atoms in total. The van der Waals surface area contributed by atoms with E-state index in [4.69, 9.17) is 5.11 Å². The third kappa shape index (κ3) is 6.49. The number of carboxylic acid groups (broad SMARTS) is 1. The summed E-state index contributed by atoms with van der Waals surface area (Å²) in [6, 6.07) is 0. The van der Waals surface area contributed by atoms with Gasteiger partial charge in [-0.3, -0.25) is 4.79 Å². The van der Waals surface area contributed by atoms with Crippen LogP contribution in [0.15, 0.2) is 0 Å². The van der Waals surface area contributed by atoms with Gasteiger partial charge < -0.3 is 5.11 Å². The highest BCUT2D eigenvalue weighted by atomic mass is 16.4. The summed E-state index contributed by atoms with van der Waals surface area (Å²) in [5.41, 5.74) is 0. The first-order valence-electron chi connectivity index (χ1n) is 12.9. The molecule has 4 saturated carbocycles. The summed E-state index contributed by atoms with van der Waals surface area (Å²) >= 11 is 0. The van der Waals surface area contributed by atoms with Crippen molar-refractivity contribution >= 4 is 5.97 Å². The van der Waals surface area contributed by atoms with Crippen molar-refractivity contribution in [3.8, 4) is 0 Å². The van der Waals surface area contributed by atoms with E-state index in [0.29, 0.717) is 6.42 Å². The van der Waals surface area contributed by atoms with Crippen LogP contribution >= 0.6 is 0 Å². The zero-order chi connectivity index (χ0) is 19.5. The number of carboxylic acids is 1. The van der Waals surface area contributed by atoms with E-state index in [2.05, 4.69) is 6.92 Å². The lowest BCUT2D eigenvalue weighted by Crippen LogP contribution is -1.94. The van der Waals surface area contributed by atoms with Crippen molar-refractivity contribution in [1.29, 1.82) is 0 Å². The van der Waals surface area contributed by atoms with Crippen LogP contribution in [0.2, 0.25) is 0 Å². The van der Waals surface area contributed by atoms with Crippen LogP contribution in [0.3, 0.4) is 0 Å². The first kappa shape index (κ1) is 20.7. The second-order valence-electron chi connectivity index (χ2n) is 11.2. The van der Waals surface area contributed by atoms with Crippen LogP contribution < -0.4 is 0 Å². The Kier molecular flexibility index (Phi) is 7.05. The van der Waals surface area contributed by atoms with Gasteiger partial charge in [-0.15, -0.1) is 0 Å². The van der Waals surface area contributed by atoms with Gasteiger partial charge in [-0.05, 0) is 98.7 Å². The van der Waals surface area contributed by atoms with Crippen LogP contribution in [0.4, 0.5) is 0 Å². The fourth-order valence-electron chi connectivity index (χ4n) is 6.36. The maximum atomic E-state index is 10.5. The Bertz CT molecular complexity index is 515. The zero-order valence-corrected chi connectivity index (χ0v) is 18.3. The van der Waals surface area contributed by atoms with Crippen molar-refractivity contribution in [3.63, 3.8) is 0 Å². The van der Waals surface area contributed by atoms with E-state index in [0.717, 1.165) is 60.2 Å². The molecule has 0 aromatic heterocycles. The van der Waals surface area contributed by atoms with Crippen molar-refractivity contribution in [1.82, 2.24) is 0 Å². The monoisotopic (exact) mass is 388 g/mol. The lowest BCUT2D eigenvalue weighted by molar-refractivity contribution is -0.137. The third-order valence-corrected chi connectivity index (χ3v) is 8.74. The van der Waals surface area contributed by atoms with E-state index in [1.807, 2.05) is 0 Å². The molecule has 1 N–H and O–H groups in total. The summed E-state index contributed by atoms with van der Waals surface area (Å²) in [6.07, 6.45) is 21.7. The molecule has 8 unspecified atom stereocenters. The minimum absolute atomic E-state index is 0.361. The third-order valence-electron chi connectivity index (χ3n) is 8.74. The molecule has 8 atom stereocenters. The Balaban J connectivity index is 0.982. The highest BCUT2D eigenvalue weighted by Gasteiger charge is 2.50. The zero-order valence-electron chi connectivity index (χ0n) is 18.3. The van der Waals surface area contributed by atoms with E-state index in [1.54, 1.807) is 32.1 Å². The molecular weight excluding hydrogens is 344 g/mol. The van der Waals surface area contributed by atoms with Crippen LogP contribution in [-0.4, -0.2) is 11.1 Å². The number of hydrogen-bond acceptors (Lipinski definition) is 1. The maximum absolute atomic E-state index is 10.5. The van der Waals surface area contributed by atoms with Gasteiger partial charge >= 0.3 is 5.97 Å². The van der Waals surface area contributed by atoms with Gasteiger partial charge in [0.05, 0.1) is 0 Å². The SMILES string of the molecule is CCCCCC1CC1CC1CC1CC1CC1CC1CC1CCCCCC(=O)O. The predicted octanol–water partition coefficient (Wildman–Crippen LogP) is 7.32. The van der Waals surface area contributed by atoms with Crippen LogP contribution in [0, 0.1) is 47.3 Å². The summed E-state index contributed by atoms with van der Waals surface area (Å²) in [4.78, 5) is 10.5. The molecular formula is C26H44O2. The van der Waals surface area contributed by atoms with Crippen LogP contribution in [0.5, 0.6) is 0 Å². The quantitative estimate of drug-likeness (QED) is 0.281. The lowest BCUT2D eigenvalue weighted by Gasteiger charge is -2.03. The van der Waals surface area contributed by atoms with Gasteiger partial charge in [0.1, 0.15) is 0 Å². The van der Waals surface area contributed by atoms with Gasteiger partial charge in [0, 0.05) is 6.42 Å². The minimum atomic E-state index is -0.633. The minimum Gasteiger partial charge on any atom is -0.481 e. The van der Waals surface area contributed by atoms with Crippen LogP contribution in [0.1, 0.15) is 110 Å². The molecule has 0 bridgehead atoms. The fourth-order valence-corrected chi connectivity index (χ4v) is 6.36. The molecule has 4 aliphatic carbocycles. The molecule has 160 valence electrons. The predicted molar refractivity (Wildman–Crippen MR) is 115 cm³/mol. The van der Waals surface area contributed by atoms with Crippen molar-refractivity contribution in [2.24, 2.45) is 47.3 Å². The summed E-state index contributed by atoms with van der Waals surface area (Å²) in [6.45, 7) is 2.32. The molecule has 0 aliphatic heterocycles. The highest BCUT2D eigenvalue weighted by Crippen LogP contribution is 2.60. The fraction of sp³-hybridized carbons (Fsp3) is 0.962. The topological polar surface area (TPSA) is 37.3 Å². The Labute approximate surface area is 173 Å². The molecule has 0 aromatic carbocycles. The second kappa shape index (κ2) is 9.52. The highest BCUT2D eigenvalue weighted by molar-refractivity contribution is 5.66. The van der Waals surface area contributed by atoms with Crippen molar-refractivity contribution in [2.75, 3.05) is 0 Å². The second-order valence-corrected chi connectivity index (χ2v) is 11.2. The van der Waals surface area contributed by atoms with Gasteiger partial charge in [0.25, 0.3) is 0 Å². The smallest absolute Gasteiger partial charge is 0.303 e. The van der Waals surface area contributed by atoms with Gasteiger partial charge in [-0.25, -0.2) is 0 Å². The summed E-state index contributed by atoms with van der Waals surface area (Å²) in [5, 5.41) is 8.69. The molecule has 0 heterocycles. The number of hydrogen-bond donors (Lipinski definition) is 1. The molecule has 4 fully saturated rings. The Hall–Kier alpha value is -0.530. The number of aliphatic carboxylic acids is 1. The standard InChI is InChI=1S/C26H44O2/c1-2-3-5-8-18-11-20(18)13-22-15-24(22)17-25-16-23(25)14-21-12-19(21)9-6-4-7-10-26(27)28/h18-25H,2-17H2,1H3,(H,27,28). The van der Waals surface area contributed by atoms with E-state index < -0.39 is 5.97 Å².